The van der Waals surface area contributed by atoms with E-state index in [1.54, 1.807) is 0 Å². The lowest BCUT2D eigenvalue weighted by atomic mass is 10.1. The van der Waals surface area contributed by atoms with Gasteiger partial charge in [-0.1, -0.05) is 24.3 Å². The van der Waals surface area contributed by atoms with Crippen LogP contribution in [0.25, 0.3) is 0 Å². The van der Waals surface area contributed by atoms with E-state index in [-0.39, 0.29) is 0 Å². The van der Waals surface area contributed by atoms with Crippen molar-refractivity contribution >= 4 is 11.5 Å². The highest BCUT2D eigenvalue weighted by molar-refractivity contribution is 5.58. The third-order valence-electron chi connectivity index (χ3n) is 5.18. The molecule has 0 spiro atoms. The largest absolute Gasteiger partial charge is 0.329 e. The van der Waals surface area contributed by atoms with Gasteiger partial charge in [-0.3, -0.25) is 4.90 Å². The molecular weight excluding hydrogens is 296 g/mol. The van der Waals surface area contributed by atoms with Crippen molar-refractivity contribution in [2.45, 2.75) is 37.9 Å². The van der Waals surface area contributed by atoms with Gasteiger partial charge in [-0.15, -0.1) is 0 Å². The number of benzene rings is 1. The molecule has 4 nitrogen and oxygen atoms in total. The van der Waals surface area contributed by atoms with Crippen LogP contribution >= 0.6 is 0 Å². The number of nitrogens with zero attached hydrogens (tertiary/aromatic N) is 3. The highest BCUT2D eigenvalue weighted by Gasteiger charge is 2.35. The Bertz CT molecular complexity index is 645. The van der Waals surface area contributed by atoms with Crippen LogP contribution in [-0.4, -0.2) is 42.1 Å². The van der Waals surface area contributed by atoms with Gasteiger partial charge in [0.25, 0.3) is 0 Å². The van der Waals surface area contributed by atoms with Crippen LogP contribution in [0.2, 0.25) is 0 Å². The first-order valence-corrected chi connectivity index (χ1v) is 9.01. The Morgan fingerprint density at radius 3 is 2.50 bits per heavy atom. The van der Waals surface area contributed by atoms with Gasteiger partial charge in [0.15, 0.2) is 0 Å². The summed E-state index contributed by atoms with van der Waals surface area (Å²) < 4.78 is 0. The predicted molar refractivity (Wildman–Crippen MR) is 98.6 cm³/mol. The Morgan fingerprint density at radius 1 is 1.04 bits per heavy atom. The highest BCUT2D eigenvalue weighted by atomic mass is 15.2. The number of hydrogen-bond donors (Lipinski definition) is 1. The van der Waals surface area contributed by atoms with Gasteiger partial charge in [0.2, 0.25) is 0 Å². The summed E-state index contributed by atoms with van der Waals surface area (Å²) in [5.74, 6) is 0.991. The second-order valence-corrected chi connectivity index (χ2v) is 6.97. The first-order chi connectivity index (χ1) is 11.8. The summed E-state index contributed by atoms with van der Waals surface area (Å²) in [4.78, 5) is 9.52. The van der Waals surface area contributed by atoms with Gasteiger partial charge in [0, 0.05) is 44.1 Å². The lowest BCUT2D eigenvalue weighted by Gasteiger charge is -2.28. The van der Waals surface area contributed by atoms with E-state index in [1.807, 2.05) is 12.3 Å². The van der Waals surface area contributed by atoms with Crippen molar-refractivity contribution in [3.63, 3.8) is 0 Å². The minimum Gasteiger partial charge on any atom is -0.329 e. The maximum absolute atomic E-state index is 4.70. The third-order valence-corrected chi connectivity index (χ3v) is 5.18. The summed E-state index contributed by atoms with van der Waals surface area (Å²) in [5, 5.41) is 3.50. The summed E-state index contributed by atoms with van der Waals surface area (Å²) >= 11 is 0. The normalized spacial score (nSPS) is 20.5. The van der Waals surface area contributed by atoms with Gasteiger partial charge in [0.05, 0.1) is 0 Å². The monoisotopic (exact) mass is 322 g/mol. The number of rotatable bonds is 6. The highest BCUT2D eigenvalue weighted by Crippen LogP contribution is 2.32. The molecule has 4 heteroatoms. The van der Waals surface area contributed by atoms with E-state index in [0.717, 1.165) is 37.2 Å². The van der Waals surface area contributed by atoms with Crippen LogP contribution in [0.5, 0.6) is 0 Å². The molecule has 2 aliphatic rings. The average Bonchev–Trinajstić information content (AvgIpc) is 3.34. The molecule has 1 aliphatic heterocycles. The molecule has 1 N–H and O–H groups in total. The molecule has 0 amide bonds. The fraction of sp³-hybridized carbons (Fsp3) is 0.450. The van der Waals surface area contributed by atoms with E-state index in [0.29, 0.717) is 6.04 Å². The molecule has 126 valence electrons. The maximum Gasteiger partial charge on any atom is 0.132 e. The summed E-state index contributed by atoms with van der Waals surface area (Å²) in [5.41, 5.74) is 2.48. The summed E-state index contributed by atoms with van der Waals surface area (Å²) in [6.45, 7) is 3.32. The molecule has 2 fully saturated rings. The van der Waals surface area contributed by atoms with Crippen molar-refractivity contribution < 1.29 is 0 Å². The molecular formula is C20H26N4. The van der Waals surface area contributed by atoms with Crippen molar-refractivity contribution in [3.8, 4) is 0 Å². The lowest BCUT2D eigenvalue weighted by molar-refractivity contribution is 0.188. The van der Waals surface area contributed by atoms with Crippen LogP contribution in [0.3, 0.4) is 0 Å². The average molecular weight is 322 g/mol. The molecule has 1 aromatic carbocycles. The van der Waals surface area contributed by atoms with Crippen molar-refractivity contribution in [1.29, 1.82) is 0 Å². The maximum atomic E-state index is 4.70. The van der Waals surface area contributed by atoms with Crippen LogP contribution < -0.4 is 10.2 Å². The van der Waals surface area contributed by atoms with Crippen molar-refractivity contribution in [2.24, 2.45) is 0 Å². The second kappa shape index (κ2) is 6.91. The zero-order valence-electron chi connectivity index (χ0n) is 14.4. The van der Waals surface area contributed by atoms with Gasteiger partial charge < -0.3 is 10.2 Å². The summed E-state index contributed by atoms with van der Waals surface area (Å²) in [6, 6.07) is 16.2. The molecule has 2 heterocycles. The minimum atomic E-state index is 0.698. The fourth-order valence-corrected chi connectivity index (χ4v) is 3.59. The molecule has 1 saturated carbocycles. The molecule has 1 saturated heterocycles. The van der Waals surface area contributed by atoms with Gasteiger partial charge in [-0.05, 0) is 49.6 Å². The van der Waals surface area contributed by atoms with Crippen LogP contribution in [0, 0.1) is 0 Å². The molecule has 0 radical (unpaired) electrons. The molecule has 2 aromatic rings. The quantitative estimate of drug-likeness (QED) is 0.885. The molecule has 1 aromatic heterocycles. The molecule has 1 unspecified atom stereocenters. The number of aromatic nitrogens is 1. The zero-order chi connectivity index (χ0) is 16.4. The molecule has 24 heavy (non-hydrogen) atoms. The predicted octanol–water partition coefficient (Wildman–Crippen LogP) is 3.18. The summed E-state index contributed by atoms with van der Waals surface area (Å²) in [7, 11) is 2.07. The Morgan fingerprint density at radius 2 is 1.88 bits per heavy atom. The first kappa shape index (κ1) is 15.6. The SMILES string of the molecule is CN(c1ccccc1)c1ccc(CN(C2CC2)C2CCNC2)cn1. The van der Waals surface area contributed by atoms with E-state index >= 15 is 0 Å². The van der Waals surface area contributed by atoms with Crippen molar-refractivity contribution in [3.05, 3.63) is 54.2 Å². The Balaban J connectivity index is 1.45. The van der Waals surface area contributed by atoms with E-state index in [9.17, 15) is 0 Å². The van der Waals surface area contributed by atoms with E-state index in [2.05, 4.69) is 58.6 Å². The fourth-order valence-electron chi connectivity index (χ4n) is 3.59. The molecule has 1 aliphatic carbocycles. The number of anilines is 2. The topological polar surface area (TPSA) is 31.4 Å². The van der Waals surface area contributed by atoms with Crippen molar-refractivity contribution in [2.75, 3.05) is 25.0 Å². The standard InChI is InChI=1S/C20H26N4/c1-23(17-5-3-2-4-6-17)20-10-7-16(13-22-20)15-24(18-8-9-18)19-11-12-21-14-19/h2-7,10,13,18-19,21H,8-9,11-12,14-15H2,1H3. The van der Waals surface area contributed by atoms with Gasteiger partial charge >= 0.3 is 0 Å². The summed E-state index contributed by atoms with van der Waals surface area (Å²) in [6.07, 6.45) is 6.04. The van der Waals surface area contributed by atoms with E-state index in [4.69, 9.17) is 4.98 Å². The Labute approximate surface area is 144 Å². The minimum absolute atomic E-state index is 0.698. The van der Waals surface area contributed by atoms with Crippen LogP contribution in [0.1, 0.15) is 24.8 Å². The van der Waals surface area contributed by atoms with E-state index in [1.165, 1.54) is 24.8 Å². The molecule has 4 rings (SSSR count). The van der Waals surface area contributed by atoms with E-state index < -0.39 is 0 Å². The van der Waals surface area contributed by atoms with Crippen LogP contribution in [0.4, 0.5) is 11.5 Å². The van der Waals surface area contributed by atoms with Crippen LogP contribution in [-0.2, 0) is 6.54 Å². The number of pyridine rings is 1. The van der Waals surface area contributed by atoms with Gasteiger partial charge in [-0.2, -0.15) is 0 Å². The first-order valence-electron chi connectivity index (χ1n) is 9.01. The second-order valence-electron chi connectivity index (χ2n) is 6.97. The van der Waals surface area contributed by atoms with Crippen molar-refractivity contribution in [1.82, 2.24) is 15.2 Å². The Kier molecular flexibility index (Phi) is 4.50. The molecule has 0 bridgehead atoms. The zero-order valence-corrected chi connectivity index (χ0v) is 14.4. The number of para-hydroxylation sites is 1. The molecule has 1 atom stereocenters. The number of hydrogen-bond acceptors (Lipinski definition) is 4. The Hall–Kier alpha value is -1.91. The smallest absolute Gasteiger partial charge is 0.132 e. The number of nitrogens with one attached hydrogen (secondary N) is 1. The lowest BCUT2D eigenvalue weighted by Crippen LogP contribution is -2.38. The van der Waals surface area contributed by atoms with Crippen LogP contribution in [0.15, 0.2) is 48.7 Å². The third kappa shape index (κ3) is 3.45. The van der Waals surface area contributed by atoms with Gasteiger partial charge in [0.1, 0.15) is 5.82 Å². The van der Waals surface area contributed by atoms with Gasteiger partial charge in [-0.25, -0.2) is 4.98 Å².